The number of nitrogens with zero attached hydrogens (tertiary/aromatic N) is 2. The van der Waals surface area contributed by atoms with E-state index in [0.29, 0.717) is 11.0 Å². The normalized spacial score (nSPS) is 21.7. The van der Waals surface area contributed by atoms with Gasteiger partial charge in [-0.25, -0.2) is 4.98 Å². The molecule has 2 heterocycles. The van der Waals surface area contributed by atoms with Gasteiger partial charge in [-0.2, -0.15) is 0 Å². The topological polar surface area (TPSA) is 49.4 Å². The Hall–Kier alpha value is -1.40. The van der Waals surface area contributed by atoms with Gasteiger partial charge >= 0.3 is 0 Å². The van der Waals surface area contributed by atoms with Crippen molar-refractivity contribution in [3.63, 3.8) is 0 Å². The van der Waals surface area contributed by atoms with Crippen LogP contribution in [0.1, 0.15) is 26.7 Å². The Kier molecular flexibility index (Phi) is 7.05. The lowest BCUT2D eigenvalue weighted by molar-refractivity contribution is 0.140. The lowest BCUT2D eigenvalue weighted by atomic mass is 9.92. The fourth-order valence-corrected chi connectivity index (χ4v) is 3.45. The summed E-state index contributed by atoms with van der Waals surface area (Å²) < 4.78 is 5.03. The minimum Gasteiger partial charge on any atom is -0.481 e. The first kappa shape index (κ1) is 17.9. The second-order valence-corrected chi connectivity index (χ2v) is 6.94. The largest absolute Gasteiger partial charge is 0.481 e. The number of nitrogens with one attached hydrogen (secondary N) is 2. The summed E-state index contributed by atoms with van der Waals surface area (Å²) in [5.74, 6) is 2.23. The summed E-state index contributed by atoms with van der Waals surface area (Å²) in [5.41, 5.74) is 0.863. The molecule has 5 nitrogen and oxygen atoms in total. The van der Waals surface area contributed by atoms with E-state index < -0.39 is 0 Å². The van der Waals surface area contributed by atoms with Gasteiger partial charge in [0.15, 0.2) is 5.11 Å². The van der Waals surface area contributed by atoms with Crippen LogP contribution in [-0.2, 0) is 0 Å². The van der Waals surface area contributed by atoms with Crippen LogP contribution in [0.3, 0.4) is 0 Å². The number of anilines is 1. The number of thiocarbonyl (C=S) groups is 1. The summed E-state index contributed by atoms with van der Waals surface area (Å²) >= 11 is 5.31. The number of rotatable bonds is 6. The number of methoxy groups -OCH3 is 1. The quantitative estimate of drug-likeness (QED) is 0.615. The fraction of sp³-hybridized carbons (Fsp3) is 0.647. The van der Waals surface area contributed by atoms with Gasteiger partial charge in [0, 0.05) is 25.7 Å². The van der Waals surface area contributed by atoms with Crippen LogP contribution in [0.25, 0.3) is 0 Å². The van der Waals surface area contributed by atoms with Crippen molar-refractivity contribution in [3.05, 3.63) is 18.3 Å². The third-order valence-corrected chi connectivity index (χ3v) is 4.33. The number of pyridine rings is 1. The highest BCUT2D eigenvalue weighted by Crippen LogP contribution is 2.20. The number of aromatic nitrogens is 1. The maximum absolute atomic E-state index is 5.31. The molecule has 0 unspecified atom stereocenters. The van der Waals surface area contributed by atoms with Crippen molar-refractivity contribution in [3.8, 4) is 5.88 Å². The van der Waals surface area contributed by atoms with E-state index in [1.807, 2.05) is 12.1 Å². The molecule has 1 fully saturated rings. The smallest absolute Gasteiger partial charge is 0.213 e. The maximum Gasteiger partial charge on any atom is 0.213 e. The summed E-state index contributed by atoms with van der Waals surface area (Å²) in [4.78, 5) is 6.72. The maximum atomic E-state index is 5.31. The summed E-state index contributed by atoms with van der Waals surface area (Å²) in [6.45, 7) is 9.17. The molecular formula is C17H28N4OS. The zero-order chi connectivity index (χ0) is 16.7. The predicted molar refractivity (Wildman–Crippen MR) is 99.0 cm³/mol. The van der Waals surface area contributed by atoms with Crippen LogP contribution in [0.15, 0.2) is 18.3 Å². The Balaban J connectivity index is 1.62. The molecule has 0 saturated carbocycles. The van der Waals surface area contributed by atoms with E-state index in [9.17, 15) is 0 Å². The molecular weight excluding hydrogens is 308 g/mol. The average Bonchev–Trinajstić information content (AvgIpc) is 2.51. The molecule has 1 aromatic heterocycles. The van der Waals surface area contributed by atoms with E-state index in [4.69, 9.17) is 17.0 Å². The first-order chi connectivity index (χ1) is 11.1. The molecule has 0 radical (unpaired) electrons. The molecule has 1 saturated heterocycles. The third-order valence-electron chi connectivity index (χ3n) is 4.08. The molecule has 128 valence electrons. The van der Waals surface area contributed by atoms with E-state index in [-0.39, 0.29) is 0 Å². The van der Waals surface area contributed by atoms with E-state index in [2.05, 4.69) is 34.4 Å². The van der Waals surface area contributed by atoms with Crippen molar-refractivity contribution < 1.29 is 4.74 Å². The molecule has 6 heteroatoms. The van der Waals surface area contributed by atoms with Crippen LogP contribution >= 0.6 is 12.2 Å². The molecule has 2 N–H and O–H groups in total. The first-order valence-electron chi connectivity index (χ1n) is 8.34. The third kappa shape index (κ3) is 6.31. The highest BCUT2D eigenvalue weighted by Gasteiger charge is 2.20. The minimum absolute atomic E-state index is 0.597. The van der Waals surface area contributed by atoms with Gasteiger partial charge in [0.25, 0.3) is 0 Å². The Morgan fingerprint density at radius 2 is 2.09 bits per heavy atom. The second-order valence-electron chi connectivity index (χ2n) is 6.53. The molecule has 1 aliphatic heterocycles. The highest BCUT2D eigenvalue weighted by molar-refractivity contribution is 7.80. The molecule has 23 heavy (non-hydrogen) atoms. The monoisotopic (exact) mass is 336 g/mol. The minimum atomic E-state index is 0.597. The molecule has 0 amide bonds. The summed E-state index contributed by atoms with van der Waals surface area (Å²) in [5, 5.41) is 7.03. The van der Waals surface area contributed by atoms with Gasteiger partial charge in [-0.05, 0) is 49.5 Å². The number of hydrogen-bond donors (Lipinski definition) is 2. The Labute approximate surface area is 144 Å². The lowest BCUT2D eigenvalue weighted by Gasteiger charge is -2.34. The van der Waals surface area contributed by atoms with Gasteiger partial charge in [0.1, 0.15) is 0 Å². The average molecular weight is 337 g/mol. The highest BCUT2D eigenvalue weighted by atomic mass is 32.1. The van der Waals surface area contributed by atoms with Crippen LogP contribution in [0.5, 0.6) is 5.88 Å². The van der Waals surface area contributed by atoms with Gasteiger partial charge in [-0.3, -0.25) is 0 Å². The van der Waals surface area contributed by atoms with Crippen LogP contribution in [0.2, 0.25) is 0 Å². The van der Waals surface area contributed by atoms with Gasteiger partial charge in [0.2, 0.25) is 5.88 Å². The van der Waals surface area contributed by atoms with Crippen molar-refractivity contribution in [2.45, 2.75) is 26.7 Å². The number of ether oxygens (including phenoxy) is 1. The van der Waals surface area contributed by atoms with Crippen molar-refractivity contribution >= 4 is 23.0 Å². The van der Waals surface area contributed by atoms with Crippen molar-refractivity contribution in [2.24, 2.45) is 11.8 Å². The first-order valence-corrected chi connectivity index (χ1v) is 8.75. The van der Waals surface area contributed by atoms with Crippen LogP contribution < -0.4 is 15.4 Å². The van der Waals surface area contributed by atoms with Gasteiger partial charge in [-0.15, -0.1) is 0 Å². The molecule has 1 aliphatic rings. The molecule has 0 aliphatic carbocycles. The molecule has 2 atom stereocenters. The van der Waals surface area contributed by atoms with Crippen LogP contribution in [-0.4, -0.2) is 48.3 Å². The summed E-state index contributed by atoms with van der Waals surface area (Å²) in [6, 6.07) is 3.71. The zero-order valence-electron chi connectivity index (χ0n) is 14.3. The van der Waals surface area contributed by atoms with E-state index in [1.54, 1.807) is 13.3 Å². The molecule has 2 rings (SSSR count). The van der Waals surface area contributed by atoms with Crippen molar-refractivity contribution in [1.82, 2.24) is 15.2 Å². The van der Waals surface area contributed by atoms with Crippen LogP contribution in [0, 0.1) is 11.8 Å². The Bertz CT molecular complexity index is 484. The van der Waals surface area contributed by atoms with Crippen molar-refractivity contribution in [1.29, 1.82) is 0 Å². The van der Waals surface area contributed by atoms with Gasteiger partial charge < -0.3 is 20.3 Å². The molecule has 0 bridgehead atoms. The van der Waals surface area contributed by atoms with Gasteiger partial charge in [0.05, 0.1) is 19.0 Å². The van der Waals surface area contributed by atoms with E-state index >= 15 is 0 Å². The van der Waals surface area contributed by atoms with E-state index in [0.717, 1.165) is 37.0 Å². The standard InChI is InChI=1S/C17H28N4OS/c1-13-9-14(2)12-21(11-13)8-4-7-18-17(23)20-15-5-6-16(22-3)19-10-15/h5-6,10,13-14H,4,7-9,11-12H2,1-3H3,(H2,18,20,23)/t13-,14-/m0/s1. The van der Waals surface area contributed by atoms with E-state index in [1.165, 1.54) is 19.5 Å². The Morgan fingerprint density at radius 1 is 1.35 bits per heavy atom. The number of likely N-dealkylation sites (tertiary alicyclic amines) is 1. The van der Waals surface area contributed by atoms with Crippen LogP contribution in [0.4, 0.5) is 5.69 Å². The number of piperidine rings is 1. The zero-order valence-corrected chi connectivity index (χ0v) is 15.2. The van der Waals surface area contributed by atoms with Gasteiger partial charge in [-0.1, -0.05) is 13.8 Å². The summed E-state index contributed by atoms with van der Waals surface area (Å²) in [6.07, 6.45) is 4.17. The SMILES string of the molecule is COc1ccc(NC(=S)NCCCN2C[C@@H](C)C[C@H](C)C2)cn1. The Morgan fingerprint density at radius 3 is 2.70 bits per heavy atom. The molecule has 1 aromatic rings. The second kappa shape index (κ2) is 9.03. The fourth-order valence-electron chi connectivity index (χ4n) is 3.23. The molecule has 0 spiro atoms. The lowest BCUT2D eigenvalue weighted by Crippen LogP contribution is -2.40. The predicted octanol–water partition coefficient (Wildman–Crippen LogP) is 2.74. The number of hydrogen-bond acceptors (Lipinski definition) is 4. The molecule has 0 aromatic carbocycles. The summed E-state index contributed by atoms with van der Waals surface area (Å²) in [7, 11) is 1.60. The van der Waals surface area contributed by atoms with Crippen molar-refractivity contribution in [2.75, 3.05) is 38.6 Å².